The van der Waals surface area contributed by atoms with Crippen LogP contribution in [0.2, 0.25) is 0 Å². The Balaban J connectivity index is 0.000000861. The standard InChI is InChI=1S/C13H16F3N.C2H6/c1-8-2-9(4-10-6-12(17)7-10)5-11(3-8)13(14,15)16;1-2/h2-3,5,10,12H,4,6-7,17H2,1H3;1-2H3. The Hall–Kier alpha value is -1.03. The SMILES string of the molecule is CC.Cc1cc(CC2CC(N)C2)cc(C(F)(F)F)c1. The lowest BCUT2D eigenvalue weighted by atomic mass is 9.77. The first-order valence-electron chi connectivity index (χ1n) is 6.78. The lowest BCUT2D eigenvalue weighted by Gasteiger charge is -2.32. The first-order chi connectivity index (χ1) is 8.84. The molecule has 1 aliphatic rings. The highest BCUT2D eigenvalue weighted by molar-refractivity contribution is 5.31. The molecule has 1 nitrogen and oxygen atoms in total. The summed E-state index contributed by atoms with van der Waals surface area (Å²) in [5, 5.41) is 0. The first kappa shape index (κ1) is 16.0. The van der Waals surface area contributed by atoms with Gasteiger partial charge < -0.3 is 5.73 Å². The maximum absolute atomic E-state index is 12.6. The Morgan fingerprint density at radius 2 is 1.74 bits per heavy atom. The first-order valence-corrected chi connectivity index (χ1v) is 6.78. The minimum absolute atomic E-state index is 0.242. The highest BCUT2D eigenvalue weighted by atomic mass is 19.4. The summed E-state index contributed by atoms with van der Waals surface area (Å²) in [6, 6.07) is 4.53. The van der Waals surface area contributed by atoms with Gasteiger partial charge in [-0.15, -0.1) is 0 Å². The number of aryl methyl sites for hydroxylation is 1. The van der Waals surface area contributed by atoms with Crippen molar-refractivity contribution >= 4 is 0 Å². The summed E-state index contributed by atoms with van der Waals surface area (Å²) in [4.78, 5) is 0. The van der Waals surface area contributed by atoms with Crippen LogP contribution in [0.15, 0.2) is 18.2 Å². The van der Waals surface area contributed by atoms with Crippen LogP contribution in [0.3, 0.4) is 0 Å². The summed E-state index contributed by atoms with van der Waals surface area (Å²) >= 11 is 0. The molecule has 0 radical (unpaired) electrons. The summed E-state index contributed by atoms with van der Waals surface area (Å²) in [6.07, 6.45) is -1.69. The van der Waals surface area contributed by atoms with E-state index in [1.807, 2.05) is 19.9 Å². The normalized spacial score (nSPS) is 22.3. The van der Waals surface area contributed by atoms with E-state index >= 15 is 0 Å². The van der Waals surface area contributed by atoms with Crippen molar-refractivity contribution in [2.45, 2.75) is 52.3 Å². The molecule has 0 heterocycles. The number of hydrogen-bond donors (Lipinski definition) is 1. The van der Waals surface area contributed by atoms with Crippen molar-refractivity contribution < 1.29 is 13.2 Å². The van der Waals surface area contributed by atoms with Gasteiger partial charge in [-0.2, -0.15) is 13.2 Å². The molecule has 19 heavy (non-hydrogen) atoms. The molecule has 1 aromatic rings. The molecule has 0 saturated heterocycles. The Morgan fingerprint density at radius 1 is 1.16 bits per heavy atom. The van der Waals surface area contributed by atoms with Crippen LogP contribution in [0.5, 0.6) is 0 Å². The molecular weight excluding hydrogens is 251 g/mol. The summed E-state index contributed by atoms with van der Waals surface area (Å²) in [5.41, 5.74) is 6.56. The smallest absolute Gasteiger partial charge is 0.328 e. The van der Waals surface area contributed by atoms with Crippen LogP contribution >= 0.6 is 0 Å². The molecule has 1 aromatic carbocycles. The minimum Gasteiger partial charge on any atom is -0.328 e. The number of rotatable bonds is 2. The van der Waals surface area contributed by atoms with Gasteiger partial charge >= 0.3 is 6.18 Å². The Labute approximate surface area is 113 Å². The number of benzene rings is 1. The average Bonchev–Trinajstić information content (AvgIpc) is 2.28. The molecule has 4 heteroatoms. The number of hydrogen-bond acceptors (Lipinski definition) is 1. The second-order valence-corrected chi connectivity index (χ2v) is 5.01. The maximum Gasteiger partial charge on any atom is 0.416 e. The van der Waals surface area contributed by atoms with Crippen LogP contribution in [-0.2, 0) is 12.6 Å². The van der Waals surface area contributed by atoms with E-state index in [2.05, 4.69) is 0 Å². The van der Waals surface area contributed by atoms with Gasteiger partial charge in [0.2, 0.25) is 0 Å². The third-order valence-corrected chi connectivity index (χ3v) is 3.26. The quantitative estimate of drug-likeness (QED) is 0.853. The van der Waals surface area contributed by atoms with E-state index in [1.54, 1.807) is 6.92 Å². The van der Waals surface area contributed by atoms with Crippen molar-refractivity contribution in [3.63, 3.8) is 0 Å². The Morgan fingerprint density at radius 3 is 2.21 bits per heavy atom. The predicted molar refractivity (Wildman–Crippen MR) is 71.9 cm³/mol. The van der Waals surface area contributed by atoms with Crippen LogP contribution in [0, 0.1) is 12.8 Å². The molecule has 0 unspecified atom stereocenters. The lowest BCUT2D eigenvalue weighted by molar-refractivity contribution is -0.137. The van der Waals surface area contributed by atoms with Gasteiger partial charge in [0.05, 0.1) is 5.56 Å². The van der Waals surface area contributed by atoms with Crippen molar-refractivity contribution in [1.29, 1.82) is 0 Å². The van der Waals surface area contributed by atoms with Gasteiger partial charge in [-0.25, -0.2) is 0 Å². The molecule has 0 atom stereocenters. The van der Waals surface area contributed by atoms with E-state index in [-0.39, 0.29) is 6.04 Å². The van der Waals surface area contributed by atoms with E-state index in [0.29, 0.717) is 17.9 Å². The van der Waals surface area contributed by atoms with Crippen LogP contribution < -0.4 is 5.73 Å². The predicted octanol–water partition coefficient (Wildman–Crippen LogP) is 4.32. The van der Waals surface area contributed by atoms with E-state index in [1.165, 1.54) is 12.1 Å². The third kappa shape index (κ3) is 4.53. The van der Waals surface area contributed by atoms with E-state index in [9.17, 15) is 13.2 Å². The molecule has 1 aliphatic carbocycles. The van der Waals surface area contributed by atoms with Gasteiger partial charge in [0.1, 0.15) is 0 Å². The van der Waals surface area contributed by atoms with Gasteiger partial charge in [-0.3, -0.25) is 0 Å². The molecule has 2 rings (SSSR count). The fourth-order valence-corrected chi connectivity index (χ4v) is 2.43. The molecule has 0 aliphatic heterocycles. The van der Waals surface area contributed by atoms with Gasteiger partial charge in [0.25, 0.3) is 0 Å². The second kappa shape index (κ2) is 6.42. The van der Waals surface area contributed by atoms with Crippen molar-refractivity contribution in [3.05, 3.63) is 34.9 Å². The molecule has 0 aromatic heterocycles. The highest BCUT2D eigenvalue weighted by Crippen LogP contribution is 2.33. The van der Waals surface area contributed by atoms with E-state index in [4.69, 9.17) is 5.73 Å². The van der Waals surface area contributed by atoms with Gasteiger partial charge in [0.15, 0.2) is 0 Å². The highest BCUT2D eigenvalue weighted by Gasteiger charge is 2.31. The number of halogens is 3. The number of alkyl halides is 3. The van der Waals surface area contributed by atoms with Crippen LogP contribution in [0.1, 0.15) is 43.4 Å². The summed E-state index contributed by atoms with van der Waals surface area (Å²) in [5.74, 6) is 0.452. The molecule has 0 spiro atoms. The van der Waals surface area contributed by atoms with Crippen LogP contribution in [0.25, 0.3) is 0 Å². The molecule has 0 amide bonds. The summed E-state index contributed by atoms with van der Waals surface area (Å²) in [7, 11) is 0. The fourth-order valence-electron chi connectivity index (χ4n) is 2.43. The zero-order chi connectivity index (χ0) is 14.6. The molecule has 2 N–H and O–H groups in total. The summed E-state index contributed by atoms with van der Waals surface area (Å²) < 4.78 is 37.9. The van der Waals surface area contributed by atoms with Crippen LogP contribution in [-0.4, -0.2) is 6.04 Å². The third-order valence-electron chi connectivity index (χ3n) is 3.26. The second-order valence-electron chi connectivity index (χ2n) is 5.01. The largest absolute Gasteiger partial charge is 0.416 e. The average molecular weight is 273 g/mol. The van der Waals surface area contributed by atoms with Gasteiger partial charge in [0, 0.05) is 6.04 Å². The van der Waals surface area contributed by atoms with Crippen molar-refractivity contribution in [2.24, 2.45) is 11.7 Å². The minimum atomic E-state index is -4.25. The number of nitrogens with two attached hydrogens (primary N) is 1. The molecule has 1 saturated carbocycles. The zero-order valence-electron chi connectivity index (χ0n) is 11.7. The fraction of sp³-hybridized carbons (Fsp3) is 0.600. The Kier molecular flexibility index (Phi) is 5.41. The maximum atomic E-state index is 12.6. The topological polar surface area (TPSA) is 26.0 Å². The zero-order valence-corrected chi connectivity index (χ0v) is 11.7. The van der Waals surface area contributed by atoms with Gasteiger partial charge in [-0.05, 0) is 49.8 Å². The lowest BCUT2D eigenvalue weighted by Crippen LogP contribution is -2.37. The molecular formula is C15H22F3N. The van der Waals surface area contributed by atoms with Crippen LogP contribution in [0.4, 0.5) is 13.2 Å². The van der Waals surface area contributed by atoms with E-state index in [0.717, 1.165) is 18.4 Å². The van der Waals surface area contributed by atoms with Crippen molar-refractivity contribution in [3.8, 4) is 0 Å². The summed E-state index contributed by atoms with van der Waals surface area (Å²) in [6.45, 7) is 5.70. The molecule has 1 fully saturated rings. The van der Waals surface area contributed by atoms with Gasteiger partial charge in [-0.1, -0.05) is 25.5 Å². The monoisotopic (exact) mass is 273 g/mol. The Bertz CT molecular complexity index is 406. The van der Waals surface area contributed by atoms with Crippen molar-refractivity contribution in [1.82, 2.24) is 0 Å². The molecule has 108 valence electrons. The van der Waals surface area contributed by atoms with Crippen molar-refractivity contribution in [2.75, 3.05) is 0 Å². The van der Waals surface area contributed by atoms with E-state index < -0.39 is 11.7 Å². The molecule has 0 bridgehead atoms.